The second kappa shape index (κ2) is 6.35. The fraction of sp³-hybridized carbons (Fsp3) is 0.429. The van der Waals surface area contributed by atoms with Gasteiger partial charge in [-0.25, -0.2) is 4.39 Å². The van der Waals surface area contributed by atoms with Gasteiger partial charge in [0.25, 0.3) is 5.91 Å². The van der Waals surface area contributed by atoms with Crippen LogP contribution < -0.4 is 5.32 Å². The van der Waals surface area contributed by atoms with Crippen LogP contribution in [0.2, 0.25) is 0 Å². The average molecular weight is 343 g/mol. The van der Waals surface area contributed by atoms with Gasteiger partial charge in [-0.05, 0) is 40.9 Å². The zero-order valence-corrected chi connectivity index (χ0v) is 12.7. The maximum atomic E-state index is 13.8. The van der Waals surface area contributed by atoms with Crippen LogP contribution >= 0.6 is 15.9 Å². The number of likely N-dealkylation sites (tertiary alicyclic amines) is 1. The van der Waals surface area contributed by atoms with E-state index in [-0.39, 0.29) is 23.3 Å². The summed E-state index contributed by atoms with van der Waals surface area (Å²) < 4.78 is 14.2. The van der Waals surface area contributed by atoms with Crippen molar-refractivity contribution in [1.29, 1.82) is 0 Å². The second-order valence-electron chi connectivity index (χ2n) is 4.78. The van der Waals surface area contributed by atoms with Gasteiger partial charge in [0.05, 0.1) is 5.56 Å². The first kappa shape index (κ1) is 15.0. The molecule has 20 heavy (non-hydrogen) atoms. The van der Waals surface area contributed by atoms with E-state index in [1.54, 1.807) is 24.1 Å². The SMILES string of the molecule is CNC(=O)C1CCN(C(=O)c2c(F)cccc2Br)CC1. The lowest BCUT2D eigenvalue weighted by Crippen LogP contribution is -2.42. The maximum absolute atomic E-state index is 13.8. The molecule has 2 rings (SSSR count). The van der Waals surface area contributed by atoms with Gasteiger partial charge in [0.15, 0.2) is 0 Å². The van der Waals surface area contributed by atoms with Gasteiger partial charge in [-0.1, -0.05) is 6.07 Å². The molecule has 0 aliphatic carbocycles. The van der Waals surface area contributed by atoms with Crippen LogP contribution in [-0.2, 0) is 4.79 Å². The number of piperidine rings is 1. The van der Waals surface area contributed by atoms with E-state index in [1.807, 2.05) is 0 Å². The van der Waals surface area contributed by atoms with E-state index in [0.29, 0.717) is 30.4 Å². The van der Waals surface area contributed by atoms with Crippen molar-refractivity contribution in [2.45, 2.75) is 12.8 Å². The average Bonchev–Trinajstić information content (AvgIpc) is 2.46. The van der Waals surface area contributed by atoms with Crippen molar-refractivity contribution in [2.75, 3.05) is 20.1 Å². The number of carbonyl (C=O) groups is 2. The van der Waals surface area contributed by atoms with Gasteiger partial charge >= 0.3 is 0 Å². The number of halogens is 2. The van der Waals surface area contributed by atoms with Crippen molar-refractivity contribution < 1.29 is 14.0 Å². The smallest absolute Gasteiger partial charge is 0.257 e. The van der Waals surface area contributed by atoms with Gasteiger partial charge < -0.3 is 10.2 Å². The number of amides is 2. The fourth-order valence-electron chi connectivity index (χ4n) is 2.41. The Morgan fingerprint density at radius 1 is 1.35 bits per heavy atom. The molecular formula is C14H16BrFN2O2. The molecular weight excluding hydrogens is 327 g/mol. The van der Waals surface area contributed by atoms with Crippen LogP contribution in [0.15, 0.2) is 22.7 Å². The Labute approximate surface area is 125 Å². The quantitative estimate of drug-likeness (QED) is 0.895. The van der Waals surface area contributed by atoms with Crippen molar-refractivity contribution in [3.63, 3.8) is 0 Å². The minimum atomic E-state index is -0.530. The molecule has 0 bridgehead atoms. The molecule has 0 unspecified atom stereocenters. The Balaban J connectivity index is 2.07. The Morgan fingerprint density at radius 3 is 2.55 bits per heavy atom. The molecule has 0 aromatic heterocycles. The lowest BCUT2D eigenvalue weighted by atomic mass is 9.95. The Hall–Kier alpha value is -1.43. The monoisotopic (exact) mass is 342 g/mol. The molecule has 1 saturated heterocycles. The fourth-order valence-corrected chi connectivity index (χ4v) is 2.92. The number of hydrogen-bond donors (Lipinski definition) is 1. The van der Waals surface area contributed by atoms with E-state index >= 15 is 0 Å². The number of rotatable bonds is 2. The maximum Gasteiger partial charge on any atom is 0.257 e. The summed E-state index contributed by atoms with van der Waals surface area (Å²) in [6.45, 7) is 0.940. The molecule has 2 amide bonds. The van der Waals surface area contributed by atoms with Crippen LogP contribution in [-0.4, -0.2) is 36.9 Å². The Bertz CT molecular complexity index is 508. The lowest BCUT2D eigenvalue weighted by molar-refractivity contribution is -0.125. The van der Waals surface area contributed by atoms with E-state index in [9.17, 15) is 14.0 Å². The molecule has 1 aliphatic rings. The predicted octanol–water partition coefficient (Wildman–Crippen LogP) is 2.19. The van der Waals surface area contributed by atoms with Crippen LogP contribution in [0.1, 0.15) is 23.2 Å². The van der Waals surface area contributed by atoms with Crippen LogP contribution in [0.5, 0.6) is 0 Å². The van der Waals surface area contributed by atoms with Gasteiger partial charge in [-0.3, -0.25) is 9.59 Å². The van der Waals surface area contributed by atoms with E-state index in [2.05, 4.69) is 21.2 Å². The Kier molecular flexibility index (Phi) is 4.75. The van der Waals surface area contributed by atoms with Gasteiger partial charge in [0.1, 0.15) is 5.82 Å². The first-order valence-corrected chi connectivity index (χ1v) is 7.28. The summed E-state index contributed by atoms with van der Waals surface area (Å²) in [5.41, 5.74) is 0.0610. The first-order valence-electron chi connectivity index (χ1n) is 6.49. The number of nitrogens with zero attached hydrogens (tertiary/aromatic N) is 1. The van der Waals surface area contributed by atoms with E-state index < -0.39 is 5.82 Å². The van der Waals surface area contributed by atoms with Crippen LogP contribution in [0, 0.1) is 11.7 Å². The lowest BCUT2D eigenvalue weighted by Gasteiger charge is -2.31. The molecule has 1 N–H and O–H groups in total. The molecule has 1 fully saturated rings. The van der Waals surface area contributed by atoms with Crippen LogP contribution in [0.25, 0.3) is 0 Å². The predicted molar refractivity (Wildman–Crippen MR) is 76.8 cm³/mol. The minimum absolute atomic E-state index is 0.00386. The molecule has 1 aromatic rings. The molecule has 1 heterocycles. The highest BCUT2D eigenvalue weighted by molar-refractivity contribution is 9.10. The molecule has 0 atom stereocenters. The van der Waals surface area contributed by atoms with Crippen LogP contribution in [0.3, 0.4) is 0 Å². The van der Waals surface area contributed by atoms with Crippen molar-refractivity contribution in [1.82, 2.24) is 10.2 Å². The van der Waals surface area contributed by atoms with Gasteiger partial charge in [-0.15, -0.1) is 0 Å². The number of carbonyl (C=O) groups excluding carboxylic acids is 2. The van der Waals surface area contributed by atoms with E-state index in [4.69, 9.17) is 0 Å². The topological polar surface area (TPSA) is 49.4 Å². The van der Waals surface area contributed by atoms with Gasteiger partial charge in [-0.2, -0.15) is 0 Å². The van der Waals surface area contributed by atoms with Crippen molar-refractivity contribution in [2.24, 2.45) is 5.92 Å². The van der Waals surface area contributed by atoms with Gasteiger partial charge in [0, 0.05) is 30.5 Å². The number of benzene rings is 1. The summed E-state index contributed by atoms with van der Waals surface area (Å²) in [7, 11) is 1.61. The van der Waals surface area contributed by atoms with E-state index in [1.165, 1.54) is 6.07 Å². The summed E-state index contributed by atoms with van der Waals surface area (Å²) in [5.74, 6) is -0.916. The summed E-state index contributed by atoms with van der Waals surface area (Å²) in [4.78, 5) is 25.5. The number of hydrogen-bond acceptors (Lipinski definition) is 2. The molecule has 4 nitrogen and oxygen atoms in total. The normalized spacial score (nSPS) is 16.1. The third-order valence-corrected chi connectivity index (χ3v) is 4.24. The molecule has 1 aromatic carbocycles. The standard InChI is InChI=1S/C14H16BrFN2O2/c1-17-13(19)9-5-7-18(8-6-9)14(20)12-10(15)3-2-4-11(12)16/h2-4,9H,5-8H2,1H3,(H,17,19). The molecule has 6 heteroatoms. The number of nitrogens with one attached hydrogen (secondary N) is 1. The summed E-state index contributed by atoms with van der Waals surface area (Å²) in [6.07, 6.45) is 1.22. The summed E-state index contributed by atoms with van der Waals surface area (Å²) in [5, 5.41) is 2.62. The van der Waals surface area contributed by atoms with Crippen molar-refractivity contribution in [3.05, 3.63) is 34.1 Å². The Morgan fingerprint density at radius 2 is 2.00 bits per heavy atom. The van der Waals surface area contributed by atoms with Gasteiger partial charge in [0.2, 0.25) is 5.91 Å². The highest BCUT2D eigenvalue weighted by Gasteiger charge is 2.29. The van der Waals surface area contributed by atoms with Crippen molar-refractivity contribution >= 4 is 27.7 Å². The minimum Gasteiger partial charge on any atom is -0.359 e. The summed E-state index contributed by atoms with van der Waals surface area (Å²) in [6, 6.07) is 4.47. The first-order chi connectivity index (χ1) is 9.54. The molecule has 0 spiro atoms. The highest BCUT2D eigenvalue weighted by atomic mass is 79.9. The second-order valence-corrected chi connectivity index (χ2v) is 5.63. The summed E-state index contributed by atoms with van der Waals surface area (Å²) >= 11 is 3.21. The molecule has 0 radical (unpaired) electrons. The molecule has 1 aliphatic heterocycles. The zero-order chi connectivity index (χ0) is 14.7. The zero-order valence-electron chi connectivity index (χ0n) is 11.2. The largest absolute Gasteiger partial charge is 0.359 e. The van der Waals surface area contributed by atoms with Crippen LogP contribution in [0.4, 0.5) is 4.39 Å². The van der Waals surface area contributed by atoms with Crippen molar-refractivity contribution in [3.8, 4) is 0 Å². The third kappa shape index (κ3) is 3.00. The van der Waals surface area contributed by atoms with E-state index in [0.717, 1.165) is 0 Å². The highest BCUT2D eigenvalue weighted by Crippen LogP contribution is 2.24. The molecule has 0 saturated carbocycles. The third-order valence-electron chi connectivity index (χ3n) is 3.58. The molecule has 108 valence electrons.